The zero-order valence-corrected chi connectivity index (χ0v) is 16.6. The summed E-state index contributed by atoms with van der Waals surface area (Å²) in [6.07, 6.45) is 1.64. The Bertz CT molecular complexity index is 894. The summed E-state index contributed by atoms with van der Waals surface area (Å²) in [4.78, 5) is 16.6. The number of hydrogen-bond acceptors (Lipinski definition) is 4. The Hall–Kier alpha value is -1.96. The van der Waals surface area contributed by atoms with Crippen molar-refractivity contribution in [2.45, 2.75) is 44.2 Å². The average molecular weight is 396 g/mol. The van der Waals surface area contributed by atoms with E-state index in [0.717, 1.165) is 0 Å². The minimum atomic E-state index is -3.86. The summed E-state index contributed by atoms with van der Waals surface area (Å²) in [7, 11) is -3.86. The number of rotatable bonds is 5. The van der Waals surface area contributed by atoms with E-state index in [2.05, 4.69) is 15.0 Å². The fraction of sp³-hybridized carbons (Fsp3) is 0.333. The molecule has 2 rings (SSSR count). The number of sulfonamides is 1. The predicted octanol–water partition coefficient (Wildman–Crippen LogP) is 3.30. The number of aromatic nitrogens is 1. The molecule has 6 nitrogen and oxygen atoms in total. The van der Waals surface area contributed by atoms with Crippen LogP contribution in [0.25, 0.3) is 0 Å². The Kier molecular flexibility index (Phi) is 6.05. The lowest BCUT2D eigenvalue weighted by atomic mass is 10.1. The highest BCUT2D eigenvalue weighted by atomic mass is 35.5. The fourth-order valence-electron chi connectivity index (χ4n) is 2.29. The van der Waals surface area contributed by atoms with Crippen LogP contribution in [0, 0.1) is 0 Å². The second-order valence-corrected chi connectivity index (χ2v) is 9.01. The van der Waals surface area contributed by atoms with E-state index in [1.165, 1.54) is 18.2 Å². The number of carbonyl (C=O) groups excluding carboxylic acids is 1. The maximum atomic E-state index is 12.5. The molecule has 0 bridgehead atoms. The molecule has 2 aromatic rings. The van der Waals surface area contributed by atoms with Crippen LogP contribution in [0.3, 0.4) is 0 Å². The minimum absolute atomic E-state index is 0.0519. The van der Waals surface area contributed by atoms with Crippen molar-refractivity contribution in [3.8, 4) is 0 Å². The standard InChI is InChI=1S/C18H22ClN3O3S/c1-12(15-7-5-6-10-20-15)21-17(23)13-8-9-14(19)16(11-13)26(24,25)22-18(2,3)4/h5-12,22H,1-4H3,(H,21,23). The van der Waals surface area contributed by atoms with Gasteiger partial charge in [0.25, 0.3) is 5.91 Å². The van der Waals surface area contributed by atoms with E-state index in [0.29, 0.717) is 5.69 Å². The van der Waals surface area contributed by atoms with Gasteiger partial charge in [0, 0.05) is 17.3 Å². The molecule has 0 radical (unpaired) electrons. The van der Waals surface area contributed by atoms with Crippen molar-refractivity contribution >= 4 is 27.5 Å². The molecular weight excluding hydrogens is 374 g/mol. The van der Waals surface area contributed by atoms with Crippen molar-refractivity contribution in [3.63, 3.8) is 0 Å². The van der Waals surface area contributed by atoms with Gasteiger partial charge >= 0.3 is 0 Å². The smallest absolute Gasteiger partial charge is 0.251 e. The van der Waals surface area contributed by atoms with Crippen LogP contribution < -0.4 is 10.0 Å². The topological polar surface area (TPSA) is 88.2 Å². The van der Waals surface area contributed by atoms with Gasteiger partial charge in [-0.3, -0.25) is 9.78 Å². The van der Waals surface area contributed by atoms with E-state index in [1.807, 2.05) is 6.07 Å². The highest BCUT2D eigenvalue weighted by Gasteiger charge is 2.25. The van der Waals surface area contributed by atoms with Gasteiger partial charge in [0.15, 0.2) is 0 Å². The number of hydrogen-bond donors (Lipinski definition) is 2. The summed E-state index contributed by atoms with van der Waals surface area (Å²) < 4.78 is 27.6. The number of pyridine rings is 1. The van der Waals surface area contributed by atoms with E-state index >= 15 is 0 Å². The summed E-state index contributed by atoms with van der Waals surface area (Å²) in [6.45, 7) is 6.98. The molecule has 1 heterocycles. The third-order valence-electron chi connectivity index (χ3n) is 3.40. The molecular formula is C18H22ClN3O3S. The zero-order valence-electron chi connectivity index (χ0n) is 15.1. The van der Waals surface area contributed by atoms with Gasteiger partial charge in [-0.2, -0.15) is 0 Å². The van der Waals surface area contributed by atoms with Crippen LogP contribution in [0.5, 0.6) is 0 Å². The second-order valence-electron chi connectivity index (χ2n) is 6.95. The van der Waals surface area contributed by atoms with Crippen LogP contribution in [0.1, 0.15) is 49.8 Å². The lowest BCUT2D eigenvalue weighted by Crippen LogP contribution is -2.40. The number of amides is 1. The first-order chi connectivity index (χ1) is 12.0. The van der Waals surface area contributed by atoms with Crippen LogP contribution in [0.2, 0.25) is 5.02 Å². The summed E-state index contributed by atoms with van der Waals surface area (Å²) >= 11 is 6.06. The van der Waals surface area contributed by atoms with E-state index in [9.17, 15) is 13.2 Å². The maximum Gasteiger partial charge on any atom is 0.251 e. The molecule has 0 aliphatic rings. The lowest BCUT2D eigenvalue weighted by Gasteiger charge is -2.21. The van der Waals surface area contributed by atoms with Gasteiger partial charge in [0.1, 0.15) is 4.90 Å². The third kappa shape index (κ3) is 5.27. The second kappa shape index (κ2) is 7.73. The first-order valence-electron chi connectivity index (χ1n) is 8.05. The van der Waals surface area contributed by atoms with Crippen molar-refractivity contribution in [1.82, 2.24) is 15.0 Å². The molecule has 0 fully saturated rings. The molecule has 1 aromatic heterocycles. The molecule has 0 saturated heterocycles. The third-order valence-corrected chi connectivity index (χ3v) is 5.64. The first-order valence-corrected chi connectivity index (χ1v) is 9.91. The first kappa shape index (κ1) is 20.4. The molecule has 8 heteroatoms. The highest BCUT2D eigenvalue weighted by Crippen LogP contribution is 2.24. The average Bonchev–Trinajstić information content (AvgIpc) is 2.53. The molecule has 1 unspecified atom stereocenters. The number of nitrogens with one attached hydrogen (secondary N) is 2. The Morgan fingerprint density at radius 1 is 1.19 bits per heavy atom. The summed E-state index contributed by atoms with van der Waals surface area (Å²) in [6, 6.07) is 9.25. The molecule has 0 saturated carbocycles. The monoisotopic (exact) mass is 395 g/mol. The molecule has 2 N–H and O–H groups in total. The summed E-state index contributed by atoms with van der Waals surface area (Å²) in [5.74, 6) is -0.410. The molecule has 140 valence electrons. The zero-order chi connectivity index (χ0) is 19.5. The van der Waals surface area contributed by atoms with Gasteiger partial charge in [-0.25, -0.2) is 13.1 Å². The minimum Gasteiger partial charge on any atom is -0.344 e. The number of nitrogens with zero attached hydrogens (tertiary/aromatic N) is 1. The van der Waals surface area contributed by atoms with Crippen LogP contribution in [0.4, 0.5) is 0 Å². The normalized spacial score (nSPS) is 13.3. The largest absolute Gasteiger partial charge is 0.344 e. The Balaban J connectivity index is 2.27. The van der Waals surface area contributed by atoms with Crippen LogP contribution in [-0.2, 0) is 10.0 Å². The molecule has 1 atom stereocenters. The van der Waals surface area contributed by atoms with Crippen molar-refractivity contribution in [1.29, 1.82) is 0 Å². The quantitative estimate of drug-likeness (QED) is 0.812. The molecule has 0 spiro atoms. The summed E-state index contributed by atoms with van der Waals surface area (Å²) in [5.41, 5.74) is 0.233. The Labute approximate surface area is 159 Å². The van der Waals surface area contributed by atoms with E-state index < -0.39 is 21.5 Å². The van der Waals surface area contributed by atoms with Gasteiger partial charge in [-0.1, -0.05) is 17.7 Å². The predicted molar refractivity (Wildman–Crippen MR) is 102 cm³/mol. The summed E-state index contributed by atoms with van der Waals surface area (Å²) in [5, 5.41) is 2.85. The van der Waals surface area contributed by atoms with Crippen molar-refractivity contribution in [2.24, 2.45) is 0 Å². The van der Waals surface area contributed by atoms with E-state index in [-0.39, 0.29) is 21.5 Å². The maximum absolute atomic E-state index is 12.5. The molecule has 26 heavy (non-hydrogen) atoms. The van der Waals surface area contributed by atoms with Gasteiger partial charge in [-0.05, 0) is 58.0 Å². The number of halogens is 1. The fourth-order valence-corrected chi connectivity index (χ4v) is 4.24. The van der Waals surface area contributed by atoms with Gasteiger partial charge < -0.3 is 5.32 Å². The SMILES string of the molecule is CC(NC(=O)c1ccc(Cl)c(S(=O)(=O)NC(C)(C)C)c1)c1ccccn1. The lowest BCUT2D eigenvalue weighted by molar-refractivity contribution is 0.0939. The Morgan fingerprint density at radius 3 is 2.46 bits per heavy atom. The number of benzene rings is 1. The van der Waals surface area contributed by atoms with Crippen LogP contribution >= 0.6 is 11.6 Å². The van der Waals surface area contributed by atoms with Crippen molar-refractivity contribution in [3.05, 3.63) is 58.9 Å². The van der Waals surface area contributed by atoms with Crippen molar-refractivity contribution < 1.29 is 13.2 Å². The Morgan fingerprint density at radius 2 is 1.88 bits per heavy atom. The molecule has 0 aliphatic heterocycles. The van der Waals surface area contributed by atoms with E-state index in [4.69, 9.17) is 11.6 Å². The van der Waals surface area contributed by atoms with Gasteiger partial charge in [0.05, 0.1) is 16.8 Å². The molecule has 0 aliphatic carbocycles. The van der Waals surface area contributed by atoms with E-state index in [1.54, 1.807) is 46.0 Å². The molecule has 1 amide bonds. The molecule has 1 aromatic carbocycles. The van der Waals surface area contributed by atoms with Gasteiger partial charge in [-0.15, -0.1) is 0 Å². The van der Waals surface area contributed by atoms with Crippen molar-refractivity contribution in [2.75, 3.05) is 0 Å². The van der Waals surface area contributed by atoms with Crippen LogP contribution in [-0.4, -0.2) is 24.8 Å². The van der Waals surface area contributed by atoms with Gasteiger partial charge in [0.2, 0.25) is 10.0 Å². The number of carbonyl (C=O) groups is 1. The highest BCUT2D eigenvalue weighted by molar-refractivity contribution is 7.89. The van der Waals surface area contributed by atoms with Crippen LogP contribution in [0.15, 0.2) is 47.5 Å².